The fourth-order valence-electron chi connectivity index (χ4n) is 10.5. The molecule has 0 aliphatic carbocycles. The van der Waals surface area contributed by atoms with Crippen molar-refractivity contribution in [1.29, 1.82) is 0 Å². The van der Waals surface area contributed by atoms with Crippen molar-refractivity contribution in [3.8, 4) is 0 Å². The second-order valence-corrected chi connectivity index (χ2v) is 23.8. The predicted molar refractivity (Wildman–Crippen MR) is 353 cm³/mol. The first kappa shape index (κ1) is 77.9. The average Bonchev–Trinajstić information content (AvgIpc) is 3.47. The van der Waals surface area contributed by atoms with E-state index in [2.05, 4.69) is 93.7 Å². The summed E-state index contributed by atoms with van der Waals surface area (Å²) in [5.74, 6) is -0.883. The Kier molecular flexibility index (Phi) is 66.6. The Balaban J connectivity index is 4.31. The molecule has 0 aromatic heterocycles. The zero-order chi connectivity index (χ0) is 58.5. The monoisotopic (exact) mass is 1130 g/mol. The largest absolute Gasteiger partial charge is 0.462 e. The van der Waals surface area contributed by atoms with Crippen LogP contribution in [0.4, 0.5) is 0 Å². The van der Waals surface area contributed by atoms with Crippen LogP contribution in [0.5, 0.6) is 0 Å². The van der Waals surface area contributed by atoms with Gasteiger partial charge in [-0.1, -0.05) is 351 Å². The summed E-state index contributed by atoms with van der Waals surface area (Å²) in [5.41, 5.74) is 0. The van der Waals surface area contributed by atoms with E-state index in [9.17, 15) is 14.4 Å². The van der Waals surface area contributed by atoms with E-state index in [0.717, 1.165) is 109 Å². The Morgan fingerprint density at radius 3 is 0.753 bits per heavy atom. The van der Waals surface area contributed by atoms with Crippen LogP contribution in [-0.2, 0) is 28.6 Å². The van der Waals surface area contributed by atoms with E-state index >= 15 is 0 Å². The van der Waals surface area contributed by atoms with Crippen LogP contribution in [0.25, 0.3) is 0 Å². The number of rotatable bonds is 65. The van der Waals surface area contributed by atoms with Gasteiger partial charge in [0.05, 0.1) is 0 Å². The highest BCUT2D eigenvalue weighted by Gasteiger charge is 2.19. The average molecular weight is 1130 g/mol. The van der Waals surface area contributed by atoms with E-state index < -0.39 is 6.10 Å². The molecule has 0 aliphatic heterocycles. The molecule has 0 N–H and O–H groups in total. The fraction of sp³-hybridized carbons (Fsp3) is 0.800. The predicted octanol–water partition coefficient (Wildman–Crippen LogP) is 24.4. The number of hydrogen-bond acceptors (Lipinski definition) is 6. The SMILES string of the molecule is CC/C=C\C/C=C\C/C=C\C/C=C\C/C=C\C/C=C\CCCCCCC(=O)OC(COC(=O)CCCCCCCCCCCCCCCC)COC(=O)CCCCCCCCCCCCCCCCCCCCCCCCCCCC. The van der Waals surface area contributed by atoms with E-state index in [0.29, 0.717) is 19.3 Å². The molecule has 0 saturated heterocycles. The van der Waals surface area contributed by atoms with E-state index in [4.69, 9.17) is 14.2 Å². The Labute approximate surface area is 503 Å². The molecule has 0 amide bonds. The topological polar surface area (TPSA) is 78.9 Å². The highest BCUT2D eigenvalue weighted by Crippen LogP contribution is 2.18. The number of carbonyl (C=O) groups excluding carboxylic acids is 3. The molecule has 6 nitrogen and oxygen atoms in total. The molecule has 0 aliphatic rings. The van der Waals surface area contributed by atoms with Crippen molar-refractivity contribution in [3.63, 3.8) is 0 Å². The van der Waals surface area contributed by atoms with Crippen LogP contribution >= 0.6 is 0 Å². The van der Waals surface area contributed by atoms with Crippen molar-refractivity contribution < 1.29 is 28.6 Å². The molecule has 81 heavy (non-hydrogen) atoms. The summed E-state index contributed by atoms with van der Waals surface area (Å²) in [7, 11) is 0. The van der Waals surface area contributed by atoms with E-state index in [1.807, 2.05) is 0 Å². The molecule has 6 heteroatoms. The van der Waals surface area contributed by atoms with Crippen molar-refractivity contribution >= 4 is 17.9 Å². The Morgan fingerprint density at radius 1 is 0.259 bits per heavy atom. The summed E-state index contributed by atoms with van der Waals surface area (Å²) < 4.78 is 17.0. The third-order valence-corrected chi connectivity index (χ3v) is 15.7. The molecular weight excluding hydrogens is 997 g/mol. The summed E-state index contributed by atoms with van der Waals surface area (Å²) in [4.78, 5) is 38.4. The van der Waals surface area contributed by atoms with Crippen LogP contribution in [0.1, 0.15) is 367 Å². The molecule has 0 saturated carbocycles. The van der Waals surface area contributed by atoms with Gasteiger partial charge in [0.15, 0.2) is 6.10 Å². The number of unbranched alkanes of at least 4 members (excludes halogenated alkanes) is 42. The molecular formula is C75H134O6. The van der Waals surface area contributed by atoms with Crippen molar-refractivity contribution in [1.82, 2.24) is 0 Å². The maximum absolute atomic E-state index is 12.9. The van der Waals surface area contributed by atoms with Crippen molar-refractivity contribution in [3.05, 3.63) is 72.9 Å². The normalized spacial score (nSPS) is 12.5. The van der Waals surface area contributed by atoms with Gasteiger partial charge >= 0.3 is 17.9 Å². The Morgan fingerprint density at radius 2 is 0.481 bits per heavy atom. The fourth-order valence-corrected chi connectivity index (χ4v) is 10.5. The lowest BCUT2D eigenvalue weighted by Crippen LogP contribution is -2.30. The quantitative estimate of drug-likeness (QED) is 0.0261. The van der Waals surface area contributed by atoms with Crippen LogP contribution in [0, 0.1) is 0 Å². The van der Waals surface area contributed by atoms with E-state index in [1.54, 1.807) is 0 Å². The minimum atomic E-state index is -0.788. The van der Waals surface area contributed by atoms with Gasteiger partial charge in [-0.2, -0.15) is 0 Å². The highest BCUT2D eigenvalue weighted by molar-refractivity contribution is 5.71. The number of hydrogen-bond donors (Lipinski definition) is 0. The lowest BCUT2D eigenvalue weighted by molar-refractivity contribution is -0.167. The van der Waals surface area contributed by atoms with Crippen LogP contribution in [0.2, 0.25) is 0 Å². The number of ether oxygens (including phenoxy) is 3. The minimum absolute atomic E-state index is 0.0812. The van der Waals surface area contributed by atoms with Crippen molar-refractivity contribution in [2.75, 3.05) is 13.2 Å². The first-order valence-electron chi connectivity index (χ1n) is 35.4. The van der Waals surface area contributed by atoms with Gasteiger partial charge in [-0.15, -0.1) is 0 Å². The van der Waals surface area contributed by atoms with Gasteiger partial charge < -0.3 is 14.2 Å². The summed E-state index contributed by atoms with van der Waals surface area (Å²) in [6.45, 7) is 6.57. The van der Waals surface area contributed by atoms with Gasteiger partial charge in [-0.05, 0) is 70.6 Å². The molecule has 1 atom stereocenters. The summed E-state index contributed by atoms with van der Waals surface area (Å²) >= 11 is 0. The Hall–Kier alpha value is -3.15. The van der Waals surface area contributed by atoms with Gasteiger partial charge in [0.25, 0.3) is 0 Å². The molecule has 470 valence electrons. The number of carbonyl (C=O) groups is 3. The summed E-state index contributed by atoms with van der Waals surface area (Å²) in [6.07, 6.45) is 90.7. The van der Waals surface area contributed by atoms with Gasteiger partial charge in [0.1, 0.15) is 13.2 Å². The molecule has 0 aromatic rings. The van der Waals surface area contributed by atoms with E-state index in [-0.39, 0.29) is 31.1 Å². The number of allylic oxidation sites excluding steroid dienone is 12. The maximum Gasteiger partial charge on any atom is 0.306 e. The third kappa shape index (κ3) is 67.5. The second kappa shape index (κ2) is 69.3. The highest BCUT2D eigenvalue weighted by atomic mass is 16.6. The second-order valence-electron chi connectivity index (χ2n) is 23.8. The van der Waals surface area contributed by atoms with E-state index in [1.165, 1.54) is 218 Å². The lowest BCUT2D eigenvalue weighted by Gasteiger charge is -2.18. The van der Waals surface area contributed by atoms with Gasteiger partial charge in [-0.25, -0.2) is 0 Å². The van der Waals surface area contributed by atoms with Crippen LogP contribution in [0.15, 0.2) is 72.9 Å². The molecule has 0 spiro atoms. The Bertz CT molecular complexity index is 1490. The molecule has 0 radical (unpaired) electrons. The smallest absolute Gasteiger partial charge is 0.306 e. The summed E-state index contributed by atoms with van der Waals surface area (Å²) in [5, 5.41) is 0. The summed E-state index contributed by atoms with van der Waals surface area (Å²) in [6, 6.07) is 0. The van der Waals surface area contributed by atoms with Gasteiger partial charge in [0, 0.05) is 19.3 Å². The van der Waals surface area contributed by atoms with Gasteiger partial charge in [0.2, 0.25) is 0 Å². The molecule has 0 fully saturated rings. The van der Waals surface area contributed by atoms with Crippen molar-refractivity contribution in [2.45, 2.75) is 374 Å². The molecule has 0 rings (SSSR count). The standard InChI is InChI=1S/C75H134O6/c1-4-7-10-13-16-19-22-25-28-30-32-34-36-37-38-40-41-43-45-47-50-53-56-59-62-65-68-74(77)80-71-72(70-79-73(76)67-64-61-58-55-52-49-27-24-21-18-15-12-9-6-3)81-75(78)69-66-63-60-57-54-51-48-46-44-42-39-35-33-31-29-26-23-20-17-14-11-8-5-2/h8,11,17,20,26,29,33,35,42,44,48,51,72H,4-7,9-10,12-16,18-19,21-25,27-28,30-32,34,36-41,43,45-47,49-50,52-71H2,1-3H3/b11-8-,20-17-,29-26-,35-33-,44-42-,51-48-. The molecule has 0 aromatic carbocycles. The minimum Gasteiger partial charge on any atom is -0.462 e. The molecule has 0 bridgehead atoms. The van der Waals surface area contributed by atoms with Crippen LogP contribution < -0.4 is 0 Å². The first-order chi connectivity index (χ1) is 40.0. The van der Waals surface area contributed by atoms with Crippen molar-refractivity contribution in [2.24, 2.45) is 0 Å². The van der Waals surface area contributed by atoms with Crippen LogP contribution in [0.3, 0.4) is 0 Å². The maximum atomic E-state index is 12.9. The number of esters is 3. The molecule has 0 heterocycles. The zero-order valence-electron chi connectivity index (χ0n) is 54.1. The molecule has 1 unspecified atom stereocenters. The first-order valence-corrected chi connectivity index (χ1v) is 35.4. The van der Waals surface area contributed by atoms with Gasteiger partial charge in [-0.3, -0.25) is 14.4 Å². The zero-order valence-corrected chi connectivity index (χ0v) is 54.1. The van der Waals surface area contributed by atoms with Crippen LogP contribution in [-0.4, -0.2) is 37.2 Å². The third-order valence-electron chi connectivity index (χ3n) is 15.7. The lowest BCUT2D eigenvalue weighted by atomic mass is 10.0.